The van der Waals surface area contributed by atoms with Crippen molar-refractivity contribution in [2.45, 2.75) is 0 Å². The first-order valence-corrected chi connectivity index (χ1v) is 7.29. The average Bonchev–Trinajstić information content (AvgIpc) is 2.96. The van der Waals surface area contributed by atoms with Crippen LogP contribution in [0.15, 0.2) is 54.7 Å². The normalized spacial score (nSPS) is 10.5. The van der Waals surface area contributed by atoms with Crippen LogP contribution in [0.4, 0.5) is 16.0 Å². The predicted octanol–water partition coefficient (Wildman–Crippen LogP) is 3.39. The number of carbonyl (C=O) groups is 1. The number of rotatable bonds is 4. The smallest absolute Gasteiger partial charge is 0.270 e. The quantitative estimate of drug-likeness (QED) is 0.582. The number of amides is 1. The van der Waals surface area contributed by atoms with Crippen LogP contribution in [0.5, 0.6) is 0 Å². The molecule has 1 heterocycles. The summed E-state index contributed by atoms with van der Waals surface area (Å²) in [6.07, 6.45) is 1.51. The zero-order valence-corrected chi connectivity index (χ0v) is 13.1. The molecule has 0 fully saturated rings. The van der Waals surface area contributed by atoms with E-state index in [2.05, 4.69) is 10.3 Å². The van der Waals surface area contributed by atoms with E-state index < -0.39 is 16.6 Å². The molecule has 0 saturated heterocycles. The second-order valence-corrected chi connectivity index (χ2v) is 5.29. The number of nitro benzene ring substituents is 1. The first kappa shape index (κ1) is 16.3. The molecule has 1 aromatic heterocycles. The minimum absolute atomic E-state index is 0.0319. The molecular weight excluding hydrogens is 327 g/mol. The van der Waals surface area contributed by atoms with E-state index in [9.17, 15) is 19.3 Å². The maximum atomic E-state index is 12.9. The van der Waals surface area contributed by atoms with Crippen molar-refractivity contribution in [1.82, 2.24) is 9.55 Å². The third-order valence-corrected chi connectivity index (χ3v) is 3.67. The number of aromatic nitrogens is 2. The van der Waals surface area contributed by atoms with E-state index in [1.165, 1.54) is 42.6 Å². The molecule has 126 valence electrons. The van der Waals surface area contributed by atoms with Crippen LogP contribution >= 0.6 is 0 Å². The van der Waals surface area contributed by atoms with Gasteiger partial charge in [-0.25, -0.2) is 9.37 Å². The van der Waals surface area contributed by atoms with Crippen molar-refractivity contribution in [3.8, 4) is 11.3 Å². The van der Waals surface area contributed by atoms with Gasteiger partial charge in [-0.1, -0.05) is 12.1 Å². The van der Waals surface area contributed by atoms with E-state index in [0.717, 1.165) is 0 Å². The summed E-state index contributed by atoms with van der Waals surface area (Å²) in [7, 11) is 1.68. The third kappa shape index (κ3) is 3.37. The molecule has 7 nitrogen and oxygen atoms in total. The van der Waals surface area contributed by atoms with Crippen molar-refractivity contribution < 1.29 is 14.1 Å². The highest BCUT2D eigenvalue weighted by Gasteiger charge is 2.14. The summed E-state index contributed by atoms with van der Waals surface area (Å²) in [5.74, 6) is -0.586. The molecule has 1 N–H and O–H groups in total. The maximum absolute atomic E-state index is 12.9. The number of hydrogen-bond donors (Lipinski definition) is 1. The maximum Gasteiger partial charge on any atom is 0.270 e. The van der Waals surface area contributed by atoms with Crippen LogP contribution in [-0.2, 0) is 7.05 Å². The lowest BCUT2D eigenvalue weighted by Gasteiger charge is -2.07. The predicted molar refractivity (Wildman–Crippen MR) is 89.7 cm³/mol. The largest absolute Gasteiger partial charge is 0.313 e. The van der Waals surface area contributed by atoms with Crippen molar-refractivity contribution in [2.75, 3.05) is 5.32 Å². The number of halogens is 1. The topological polar surface area (TPSA) is 90.1 Å². The Morgan fingerprint density at radius 2 is 1.96 bits per heavy atom. The van der Waals surface area contributed by atoms with E-state index in [1.54, 1.807) is 23.7 Å². The molecule has 0 aliphatic heterocycles. The van der Waals surface area contributed by atoms with Crippen LogP contribution in [0, 0.1) is 15.9 Å². The number of hydrogen-bond acceptors (Lipinski definition) is 4. The van der Waals surface area contributed by atoms with Gasteiger partial charge < -0.3 is 4.57 Å². The van der Waals surface area contributed by atoms with Crippen molar-refractivity contribution >= 4 is 17.5 Å². The van der Waals surface area contributed by atoms with Gasteiger partial charge in [0.1, 0.15) is 5.82 Å². The van der Waals surface area contributed by atoms with Crippen LogP contribution in [-0.4, -0.2) is 20.4 Å². The SMILES string of the molecule is Cn1c(-c2cccc([N+](=O)[O-])c2)cnc1NC(=O)c1ccc(F)cc1. The molecule has 0 aliphatic rings. The Bertz CT molecular complexity index is 951. The second kappa shape index (κ2) is 6.52. The molecule has 0 aliphatic carbocycles. The second-order valence-electron chi connectivity index (χ2n) is 5.29. The molecule has 25 heavy (non-hydrogen) atoms. The summed E-state index contributed by atoms with van der Waals surface area (Å²) in [6, 6.07) is 11.3. The van der Waals surface area contributed by atoms with Crippen molar-refractivity contribution in [3.63, 3.8) is 0 Å². The Labute approximate surface area is 141 Å². The van der Waals surface area contributed by atoms with Gasteiger partial charge >= 0.3 is 0 Å². The van der Waals surface area contributed by atoms with Gasteiger partial charge in [0.2, 0.25) is 5.95 Å². The number of carbonyl (C=O) groups excluding carboxylic acids is 1. The molecule has 0 bridgehead atoms. The first-order valence-electron chi connectivity index (χ1n) is 7.29. The van der Waals surface area contributed by atoms with Crippen molar-refractivity contribution in [1.29, 1.82) is 0 Å². The van der Waals surface area contributed by atoms with Gasteiger partial charge in [-0.15, -0.1) is 0 Å². The summed E-state index contributed by atoms with van der Waals surface area (Å²) >= 11 is 0. The van der Waals surface area contributed by atoms with Crippen LogP contribution in [0.1, 0.15) is 10.4 Å². The molecular formula is C17H13FN4O3. The number of non-ortho nitro benzene ring substituents is 1. The van der Waals surface area contributed by atoms with Gasteiger partial charge in [-0.3, -0.25) is 20.2 Å². The van der Waals surface area contributed by atoms with E-state index >= 15 is 0 Å². The number of nitro groups is 1. The van der Waals surface area contributed by atoms with E-state index in [0.29, 0.717) is 16.8 Å². The molecule has 0 saturated carbocycles. The molecule has 8 heteroatoms. The van der Waals surface area contributed by atoms with Gasteiger partial charge in [-0.2, -0.15) is 0 Å². The highest BCUT2D eigenvalue weighted by molar-refractivity contribution is 6.03. The fraction of sp³-hybridized carbons (Fsp3) is 0.0588. The van der Waals surface area contributed by atoms with E-state index in [-0.39, 0.29) is 11.6 Å². The summed E-state index contributed by atoms with van der Waals surface area (Å²) in [4.78, 5) is 26.8. The summed E-state index contributed by atoms with van der Waals surface area (Å²) in [5.41, 5.74) is 1.47. The summed E-state index contributed by atoms with van der Waals surface area (Å²) in [5, 5.41) is 13.5. The first-order chi connectivity index (χ1) is 12.0. The van der Waals surface area contributed by atoms with E-state index in [1.807, 2.05) is 0 Å². The molecule has 3 rings (SSSR count). The summed E-state index contributed by atoms with van der Waals surface area (Å²) in [6.45, 7) is 0. The Balaban J connectivity index is 1.86. The number of anilines is 1. The zero-order chi connectivity index (χ0) is 18.0. The zero-order valence-electron chi connectivity index (χ0n) is 13.1. The fourth-order valence-corrected chi connectivity index (χ4v) is 2.35. The number of imidazole rings is 1. The highest BCUT2D eigenvalue weighted by Crippen LogP contribution is 2.25. The standard InChI is InChI=1S/C17H13FN4O3/c1-21-15(12-3-2-4-14(9-12)22(24)25)10-19-17(21)20-16(23)11-5-7-13(18)8-6-11/h2-10H,1H3,(H,19,20,23). The van der Waals surface area contributed by atoms with Crippen LogP contribution in [0.25, 0.3) is 11.3 Å². The van der Waals surface area contributed by atoms with Gasteiger partial charge in [-0.05, 0) is 24.3 Å². The lowest BCUT2D eigenvalue weighted by atomic mass is 10.1. The van der Waals surface area contributed by atoms with Gasteiger partial charge in [0, 0.05) is 30.3 Å². The molecule has 0 unspecified atom stereocenters. The van der Waals surface area contributed by atoms with Crippen LogP contribution < -0.4 is 5.32 Å². The van der Waals surface area contributed by atoms with Crippen molar-refractivity contribution in [3.05, 3.63) is 76.2 Å². The molecule has 0 radical (unpaired) electrons. The Morgan fingerprint density at radius 1 is 1.24 bits per heavy atom. The Kier molecular flexibility index (Phi) is 4.25. The molecule has 2 aromatic carbocycles. The molecule has 1 amide bonds. The minimum Gasteiger partial charge on any atom is -0.313 e. The van der Waals surface area contributed by atoms with Gasteiger partial charge in [0.05, 0.1) is 16.8 Å². The number of benzene rings is 2. The van der Waals surface area contributed by atoms with Crippen molar-refractivity contribution in [2.24, 2.45) is 7.05 Å². The third-order valence-electron chi connectivity index (χ3n) is 3.67. The number of nitrogens with one attached hydrogen (secondary N) is 1. The molecule has 0 spiro atoms. The molecule has 0 atom stereocenters. The fourth-order valence-electron chi connectivity index (χ4n) is 2.35. The number of nitrogens with zero attached hydrogens (tertiary/aromatic N) is 3. The van der Waals surface area contributed by atoms with E-state index in [4.69, 9.17) is 0 Å². The Morgan fingerprint density at radius 3 is 2.64 bits per heavy atom. The molecule has 3 aromatic rings. The van der Waals surface area contributed by atoms with Gasteiger partial charge in [0.15, 0.2) is 0 Å². The lowest BCUT2D eigenvalue weighted by molar-refractivity contribution is -0.384. The van der Waals surface area contributed by atoms with Crippen LogP contribution in [0.3, 0.4) is 0 Å². The Hall–Kier alpha value is -3.55. The minimum atomic E-state index is -0.475. The monoisotopic (exact) mass is 340 g/mol. The average molecular weight is 340 g/mol. The lowest BCUT2D eigenvalue weighted by Crippen LogP contribution is -2.15. The van der Waals surface area contributed by atoms with Gasteiger partial charge in [0.25, 0.3) is 11.6 Å². The summed E-state index contributed by atoms with van der Waals surface area (Å²) < 4.78 is 14.5. The van der Waals surface area contributed by atoms with Crippen LogP contribution in [0.2, 0.25) is 0 Å². The highest BCUT2D eigenvalue weighted by atomic mass is 19.1.